The number of allylic oxidation sites excluding steroid dienone is 3. The fraction of sp³-hybridized carbons (Fsp3) is 0.300. The zero-order chi connectivity index (χ0) is 42.6. The fourth-order valence-electron chi connectivity index (χ4n) is 7.89. The summed E-state index contributed by atoms with van der Waals surface area (Å²) in [7, 11) is 11.6. The first-order valence-electron chi connectivity index (χ1n) is 20.6. The summed E-state index contributed by atoms with van der Waals surface area (Å²) >= 11 is 0. The van der Waals surface area contributed by atoms with Gasteiger partial charge in [-0.25, -0.2) is 0 Å². The normalized spacial score (nSPS) is 14.6. The summed E-state index contributed by atoms with van der Waals surface area (Å²) in [5.41, 5.74) is 13.5. The number of anilines is 3. The maximum atomic E-state index is 13.3. The van der Waals surface area contributed by atoms with E-state index in [1.807, 2.05) is 44.6 Å². The first-order valence-corrected chi connectivity index (χ1v) is 23.1. The topological polar surface area (TPSA) is 80.6 Å². The molecule has 60 heavy (non-hydrogen) atoms. The van der Waals surface area contributed by atoms with Crippen LogP contribution < -0.4 is 30.3 Å². The smallest absolute Gasteiger partial charge is 0.251 e. The minimum atomic E-state index is -0.265. The van der Waals surface area contributed by atoms with Crippen molar-refractivity contribution < 1.29 is 14.2 Å². The molecular formula is C50H57N6O2S2+. The van der Waals surface area contributed by atoms with Crippen LogP contribution in [0.1, 0.15) is 77.2 Å². The van der Waals surface area contributed by atoms with Crippen molar-refractivity contribution in [3.63, 3.8) is 0 Å². The molecule has 0 saturated heterocycles. The summed E-state index contributed by atoms with van der Waals surface area (Å²) in [4.78, 5) is 30.8. The first kappa shape index (κ1) is 42.7. The second-order valence-corrected chi connectivity index (χ2v) is 19.8. The number of rotatable bonds is 13. The quantitative estimate of drug-likeness (QED) is 0.0620. The lowest BCUT2D eigenvalue weighted by Gasteiger charge is -2.27. The van der Waals surface area contributed by atoms with Gasteiger partial charge in [0.1, 0.15) is 0 Å². The lowest BCUT2D eigenvalue weighted by Crippen LogP contribution is -2.34. The molecule has 0 unspecified atom stereocenters. The fourth-order valence-corrected chi connectivity index (χ4v) is 9.70. The lowest BCUT2D eigenvalue weighted by atomic mass is 9.79. The van der Waals surface area contributed by atoms with Crippen LogP contribution in [0.3, 0.4) is 0 Å². The Kier molecular flexibility index (Phi) is 12.8. The molecule has 0 radical (unpaired) electrons. The van der Waals surface area contributed by atoms with Gasteiger partial charge in [-0.15, -0.1) is 0 Å². The number of nitrogens with one attached hydrogen (secondary N) is 3. The SMILES string of the molecule is CN(C)c1ccc(C2=CCC(C)(C)c3cc(C(=O)NCCSSCCNC(=O)c4ccc5c(c4)C(C)(C)c4cc(-c6ccc(N(C)C)cc6)cc[n+]4-5)ccc3NC=C2)cc1. The van der Waals surface area contributed by atoms with Crippen LogP contribution in [0.5, 0.6) is 0 Å². The molecule has 2 amide bonds. The number of carbonyl (C=O) groups excluding carboxylic acids is 2. The van der Waals surface area contributed by atoms with Crippen molar-refractivity contribution in [1.82, 2.24) is 10.6 Å². The van der Waals surface area contributed by atoms with Crippen LogP contribution >= 0.6 is 21.6 Å². The van der Waals surface area contributed by atoms with Crippen molar-refractivity contribution in [1.29, 1.82) is 0 Å². The Hall–Kier alpha value is -5.45. The molecule has 7 rings (SSSR count). The van der Waals surface area contributed by atoms with Gasteiger partial charge in [-0.2, -0.15) is 4.57 Å². The number of benzene rings is 4. The molecule has 2 aliphatic rings. The number of nitrogens with zero attached hydrogens (tertiary/aromatic N) is 3. The number of aromatic nitrogens is 1. The number of pyridine rings is 1. The summed E-state index contributed by atoms with van der Waals surface area (Å²) < 4.78 is 2.25. The summed E-state index contributed by atoms with van der Waals surface area (Å²) in [6.45, 7) is 10.0. The van der Waals surface area contributed by atoms with Crippen LogP contribution in [0.2, 0.25) is 0 Å². The van der Waals surface area contributed by atoms with Crippen molar-refractivity contribution in [3.8, 4) is 16.8 Å². The van der Waals surface area contributed by atoms with E-state index in [-0.39, 0.29) is 22.6 Å². The highest BCUT2D eigenvalue weighted by molar-refractivity contribution is 8.76. The van der Waals surface area contributed by atoms with E-state index < -0.39 is 0 Å². The van der Waals surface area contributed by atoms with E-state index in [0.29, 0.717) is 24.2 Å². The molecule has 3 heterocycles. The average molecular weight is 838 g/mol. The number of amides is 2. The zero-order valence-corrected chi connectivity index (χ0v) is 37.7. The number of hydrogen-bond donors (Lipinski definition) is 3. The molecule has 0 saturated carbocycles. The van der Waals surface area contributed by atoms with E-state index in [4.69, 9.17) is 0 Å². The Bertz CT molecular complexity index is 2430. The van der Waals surface area contributed by atoms with E-state index in [2.05, 4.69) is 163 Å². The second kappa shape index (κ2) is 18.0. The molecule has 0 atom stereocenters. The van der Waals surface area contributed by atoms with Crippen LogP contribution in [0.15, 0.2) is 122 Å². The molecule has 4 aromatic carbocycles. The molecule has 0 aliphatic carbocycles. The van der Waals surface area contributed by atoms with Gasteiger partial charge in [-0.05, 0) is 114 Å². The van der Waals surface area contributed by atoms with Gasteiger partial charge in [0.2, 0.25) is 5.69 Å². The molecule has 0 spiro atoms. The van der Waals surface area contributed by atoms with Crippen molar-refractivity contribution >= 4 is 56.0 Å². The predicted octanol–water partition coefficient (Wildman–Crippen LogP) is 9.63. The van der Waals surface area contributed by atoms with Gasteiger partial charge in [0.05, 0.1) is 5.41 Å². The van der Waals surface area contributed by atoms with E-state index >= 15 is 0 Å². The Morgan fingerprint density at radius 1 is 0.683 bits per heavy atom. The third-order valence-corrected chi connectivity index (χ3v) is 14.0. The number of fused-ring (bicyclic) bond motifs is 4. The zero-order valence-electron chi connectivity index (χ0n) is 36.1. The minimum Gasteiger partial charge on any atom is -0.378 e. The molecule has 3 N–H and O–H groups in total. The number of carbonyl (C=O) groups is 2. The first-order chi connectivity index (χ1) is 28.7. The highest BCUT2D eigenvalue weighted by Gasteiger charge is 2.44. The summed E-state index contributed by atoms with van der Waals surface area (Å²) in [6.07, 6.45) is 9.36. The van der Waals surface area contributed by atoms with E-state index in [1.165, 1.54) is 33.8 Å². The monoisotopic (exact) mass is 837 g/mol. The Balaban J connectivity index is 0.862. The molecule has 1 aromatic heterocycles. The lowest BCUT2D eigenvalue weighted by molar-refractivity contribution is -0.599. The van der Waals surface area contributed by atoms with Crippen molar-refractivity contribution in [2.24, 2.45) is 0 Å². The summed E-state index contributed by atoms with van der Waals surface area (Å²) in [5.74, 6) is 1.38. The van der Waals surface area contributed by atoms with Gasteiger partial charge in [-0.3, -0.25) is 9.59 Å². The molecular weight excluding hydrogens is 781 g/mol. The highest BCUT2D eigenvalue weighted by Crippen LogP contribution is 2.40. The van der Waals surface area contributed by atoms with Gasteiger partial charge in [0.25, 0.3) is 11.8 Å². The van der Waals surface area contributed by atoms with Crippen molar-refractivity contribution in [3.05, 3.63) is 155 Å². The Morgan fingerprint density at radius 3 is 1.85 bits per heavy atom. The molecule has 10 heteroatoms. The van der Waals surface area contributed by atoms with Crippen molar-refractivity contribution in [2.45, 2.75) is 44.9 Å². The maximum absolute atomic E-state index is 13.3. The molecule has 5 aromatic rings. The van der Waals surface area contributed by atoms with Crippen LogP contribution in [-0.4, -0.2) is 64.6 Å². The Labute approximate surface area is 364 Å². The third kappa shape index (κ3) is 9.30. The average Bonchev–Trinajstić information content (AvgIpc) is 3.50. The van der Waals surface area contributed by atoms with Crippen molar-refractivity contribution in [2.75, 3.05) is 67.9 Å². The largest absolute Gasteiger partial charge is 0.378 e. The van der Waals surface area contributed by atoms with Crippen LogP contribution in [0, 0.1) is 0 Å². The molecule has 0 fully saturated rings. The number of hydrogen-bond acceptors (Lipinski definition) is 7. The molecule has 310 valence electrons. The molecule has 8 nitrogen and oxygen atoms in total. The van der Waals surface area contributed by atoms with Gasteiger partial charge in [0.15, 0.2) is 11.9 Å². The molecule has 0 bridgehead atoms. The van der Waals surface area contributed by atoms with E-state index in [9.17, 15) is 9.59 Å². The van der Waals surface area contributed by atoms with Gasteiger partial charge >= 0.3 is 0 Å². The highest BCUT2D eigenvalue weighted by atomic mass is 33.1. The second-order valence-electron chi connectivity index (χ2n) is 17.1. The van der Waals surface area contributed by atoms with Gasteiger partial charge in [-0.1, -0.05) is 65.8 Å². The van der Waals surface area contributed by atoms with Crippen LogP contribution in [0.25, 0.3) is 22.4 Å². The summed E-state index contributed by atoms with van der Waals surface area (Å²) in [5, 5.41) is 9.68. The minimum absolute atomic E-state index is 0.0677. The van der Waals surface area contributed by atoms with Crippen LogP contribution in [0.4, 0.5) is 17.1 Å². The van der Waals surface area contributed by atoms with Crippen LogP contribution in [-0.2, 0) is 10.8 Å². The summed E-state index contributed by atoms with van der Waals surface area (Å²) in [6, 6.07) is 33.7. The van der Waals surface area contributed by atoms with E-state index in [0.717, 1.165) is 46.0 Å². The standard InChI is InChI=1S/C50H56N6O2S2/c1-49(2)24-21-36(34-9-15-40(16-10-34)54(5)6)22-25-51-44-19-13-38(31-42(44)49)47(57)52-26-29-59-60-30-27-53-48(58)39-14-20-45-43(32-39)50(3,4)46-33-37(23-28-56(45)46)35-11-17-41(18-12-35)55(7)8/h9-23,25,28,31-33H,24,26-27,29-30H2,1-8H3,(H2-,51,52,53,57,58)/p+1. The van der Waals surface area contributed by atoms with Gasteiger partial charge < -0.3 is 25.8 Å². The predicted molar refractivity (Wildman–Crippen MR) is 255 cm³/mol. The van der Waals surface area contributed by atoms with E-state index in [1.54, 1.807) is 21.6 Å². The maximum Gasteiger partial charge on any atom is 0.251 e. The molecule has 2 aliphatic heterocycles. The Morgan fingerprint density at radius 2 is 1.25 bits per heavy atom. The van der Waals surface area contributed by atoms with Gasteiger partial charge in [0, 0.05) is 111 Å². The third-order valence-electron chi connectivity index (χ3n) is 11.6.